The lowest BCUT2D eigenvalue weighted by Crippen LogP contribution is -2.33. The van der Waals surface area contributed by atoms with Gasteiger partial charge in [-0.3, -0.25) is 9.89 Å². The molecule has 0 aliphatic carbocycles. The zero-order valence-electron chi connectivity index (χ0n) is 11.2. The third kappa shape index (κ3) is 3.36. The number of ether oxygens (including phenoxy) is 1. The molecule has 2 rings (SSSR count). The zero-order chi connectivity index (χ0) is 14.5. The summed E-state index contributed by atoms with van der Waals surface area (Å²) in [5.41, 5.74) is 0.910. The van der Waals surface area contributed by atoms with Crippen LogP contribution in [0.5, 0.6) is 0 Å². The maximum absolute atomic E-state index is 12.5. The van der Waals surface area contributed by atoms with Crippen LogP contribution in [0.1, 0.15) is 21.2 Å². The fourth-order valence-corrected chi connectivity index (χ4v) is 2.45. The van der Waals surface area contributed by atoms with Gasteiger partial charge in [-0.05, 0) is 6.92 Å². The van der Waals surface area contributed by atoms with Crippen molar-refractivity contribution in [2.75, 3.05) is 20.3 Å². The molecule has 8 heteroatoms. The highest BCUT2D eigenvalue weighted by Crippen LogP contribution is 2.20. The second kappa shape index (κ2) is 6.83. The van der Waals surface area contributed by atoms with Crippen molar-refractivity contribution in [1.29, 1.82) is 0 Å². The van der Waals surface area contributed by atoms with Gasteiger partial charge in [-0.25, -0.2) is 4.98 Å². The van der Waals surface area contributed by atoms with Crippen molar-refractivity contribution in [3.05, 3.63) is 33.0 Å². The summed E-state index contributed by atoms with van der Waals surface area (Å²) in [6.45, 7) is 3.09. The van der Waals surface area contributed by atoms with E-state index >= 15 is 0 Å². The second-order valence-corrected chi connectivity index (χ2v) is 5.51. The predicted octanol–water partition coefficient (Wildman–Crippen LogP) is 2.12. The number of thiazole rings is 1. The van der Waals surface area contributed by atoms with E-state index in [4.69, 9.17) is 16.3 Å². The van der Waals surface area contributed by atoms with Crippen LogP contribution in [0.15, 0.2) is 11.6 Å². The zero-order valence-corrected chi connectivity index (χ0v) is 12.8. The van der Waals surface area contributed by atoms with Crippen molar-refractivity contribution in [3.8, 4) is 0 Å². The van der Waals surface area contributed by atoms with Gasteiger partial charge < -0.3 is 9.64 Å². The van der Waals surface area contributed by atoms with E-state index in [2.05, 4.69) is 15.2 Å². The molecule has 20 heavy (non-hydrogen) atoms. The molecule has 0 bridgehead atoms. The molecule has 0 aromatic carbocycles. The molecule has 0 aliphatic rings. The maximum Gasteiger partial charge on any atom is 0.276 e. The Morgan fingerprint density at radius 1 is 1.60 bits per heavy atom. The van der Waals surface area contributed by atoms with E-state index in [9.17, 15) is 4.79 Å². The number of H-pyrrole nitrogens is 1. The monoisotopic (exact) mass is 314 g/mol. The van der Waals surface area contributed by atoms with E-state index in [1.54, 1.807) is 25.1 Å². The third-order valence-corrected chi connectivity index (χ3v) is 3.96. The van der Waals surface area contributed by atoms with E-state index < -0.39 is 0 Å². The summed E-state index contributed by atoms with van der Waals surface area (Å²) in [5, 5.41) is 9.77. The number of aryl methyl sites for hydroxylation is 1. The number of carbonyl (C=O) groups is 1. The molecule has 0 saturated heterocycles. The largest absolute Gasteiger partial charge is 0.383 e. The fraction of sp³-hybridized carbons (Fsp3) is 0.417. The number of nitrogens with one attached hydrogen (secondary N) is 1. The summed E-state index contributed by atoms with van der Waals surface area (Å²) in [6.07, 6.45) is 1.71. The minimum absolute atomic E-state index is 0.230. The first-order valence-electron chi connectivity index (χ1n) is 6.00. The number of rotatable bonds is 6. The van der Waals surface area contributed by atoms with Gasteiger partial charge in [0.1, 0.15) is 5.01 Å². The number of hydrogen-bond donors (Lipinski definition) is 1. The van der Waals surface area contributed by atoms with Crippen LogP contribution in [0.4, 0.5) is 0 Å². The van der Waals surface area contributed by atoms with Gasteiger partial charge in [0.25, 0.3) is 5.91 Å². The summed E-state index contributed by atoms with van der Waals surface area (Å²) in [5.74, 6) is -0.230. The van der Waals surface area contributed by atoms with Crippen LogP contribution in [0.25, 0.3) is 0 Å². The Bertz CT molecular complexity index is 570. The van der Waals surface area contributed by atoms with Crippen molar-refractivity contribution in [2.45, 2.75) is 13.5 Å². The molecule has 0 unspecified atom stereocenters. The minimum Gasteiger partial charge on any atom is -0.383 e. The molecule has 0 radical (unpaired) electrons. The quantitative estimate of drug-likeness (QED) is 0.886. The van der Waals surface area contributed by atoms with E-state index in [-0.39, 0.29) is 11.6 Å². The number of methoxy groups -OCH3 is 1. The number of halogens is 1. The lowest BCUT2D eigenvalue weighted by Gasteiger charge is -2.20. The van der Waals surface area contributed by atoms with Crippen LogP contribution in [-0.4, -0.2) is 46.2 Å². The SMILES string of the molecule is COCCN(Cc1nccs1)C(=O)c1n[nH]c(C)c1Cl. The lowest BCUT2D eigenvalue weighted by molar-refractivity contribution is 0.0674. The minimum atomic E-state index is -0.230. The molecule has 2 heterocycles. The molecule has 0 spiro atoms. The molecule has 6 nitrogen and oxygen atoms in total. The average molecular weight is 315 g/mol. The number of hydrogen-bond acceptors (Lipinski definition) is 5. The first-order chi connectivity index (χ1) is 9.63. The number of amides is 1. The maximum atomic E-state index is 12.5. The molecule has 0 atom stereocenters. The highest BCUT2D eigenvalue weighted by Gasteiger charge is 2.23. The second-order valence-electron chi connectivity index (χ2n) is 4.16. The van der Waals surface area contributed by atoms with Crippen molar-refractivity contribution in [1.82, 2.24) is 20.1 Å². The summed E-state index contributed by atoms with van der Waals surface area (Å²) in [4.78, 5) is 18.3. The first kappa shape index (κ1) is 15.0. The van der Waals surface area contributed by atoms with Gasteiger partial charge in [-0.2, -0.15) is 5.10 Å². The van der Waals surface area contributed by atoms with Crippen LogP contribution in [-0.2, 0) is 11.3 Å². The highest BCUT2D eigenvalue weighted by atomic mass is 35.5. The third-order valence-electron chi connectivity index (χ3n) is 2.74. The topological polar surface area (TPSA) is 71.1 Å². The number of carbonyl (C=O) groups excluding carboxylic acids is 1. The molecule has 0 saturated carbocycles. The van der Waals surface area contributed by atoms with Gasteiger partial charge in [0.15, 0.2) is 5.69 Å². The fourth-order valence-electron chi connectivity index (χ4n) is 1.66. The standard InChI is InChI=1S/C12H15ClN4O2S/c1-8-10(13)11(16-15-8)12(18)17(4-5-19-2)7-9-14-3-6-20-9/h3,6H,4-5,7H2,1-2H3,(H,15,16). The summed E-state index contributed by atoms with van der Waals surface area (Å²) in [6, 6.07) is 0. The van der Waals surface area contributed by atoms with E-state index in [1.165, 1.54) is 11.3 Å². The summed E-state index contributed by atoms with van der Waals surface area (Å²) >= 11 is 7.58. The van der Waals surface area contributed by atoms with Gasteiger partial charge in [-0.15, -0.1) is 11.3 Å². The summed E-state index contributed by atoms with van der Waals surface area (Å²) in [7, 11) is 1.59. The molecule has 1 amide bonds. The molecular weight excluding hydrogens is 300 g/mol. The Hall–Kier alpha value is -1.44. The predicted molar refractivity (Wildman–Crippen MR) is 77.1 cm³/mol. The number of nitrogens with zero attached hydrogens (tertiary/aromatic N) is 3. The van der Waals surface area contributed by atoms with Crippen LogP contribution in [0.2, 0.25) is 5.02 Å². The normalized spacial score (nSPS) is 10.8. The van der Waals surface area contributed by atoms with E-state index in [0.717, 1.165) is 5.01 Å². The van der Waals surface area contributed by atoms with Gasteiger partial charge in [0.05, 0.1) is 23.9 Å². The number of aromatic nitrogens is 3. The smallest absolute Gasteiger partial charge is 0.276 e. The van der Waals surface area contributed by atoms with Gasteiger partial charge >= 0.3 is 0 Å². The Morgan fingerprint density at radius 3 is 2.95 bits per heavy atom. The van der Waals surface area contributed by atoms with Crippen molar-refractivity contribution >= 4 is 28.8 Å². The molecule has 0 aliphatic heterocycles. The van der Waals surface area contributed by atoms with Crippen LogP contribution in [0, 0.1) is 6.92 Å². The summed E-state index contributed by atoms with van der Waals surface area (Å²) < 4.78 is 5.04. The Balaban J connectivity index is 2.17. The average Bonchev–Trinajstić information content (AvgIpc) is 3.06. The van der Waals surface area contributed by atoms with Crippen molar-refractivity contribution in [2.24, 2.45) is 0 Å². The van der Waals surface area contributed by atoms with Gasteiger partial charge in [0, 0.05) is 25.2 Å². The highest BCUT2D eigenvalue weighted by molar-refractivity contribution is 7.09. The molecule has 1 N–H and O–H groups in total. The van der Waals surface area contributed by atoms with Crippen molar-refractivity contribution < 1.29 is 9.53 Å². The Labute approximate surface area is 125 Å². The molecule has 0 fully saturated rings. The Morgan fingerprint density at radius 2 is 2.40 bits per heavy atom. The molecule has 108 valence electrons. The van der Waals surface area contributed by atoms with E-state index in [0.29, 0.717) is 30.4 Å². The van der Waals surface area contributed by atoms with E-state index in [1.807, 2.05) is 5.38 Å². The van der Waals surface area contributed by atoms with Crippen LogP contribution >= 0.6 is 22.9 Å². The van der Waals surface area contributed by atoms with Crippen LogP contribution < -0.4 is 0 Å². The Kier molecular flexibility index (Phi) is 5.11. The van der Waals surface area contributed by atoms with Gasteiger partial charge in [0.2, 0.25) is 0 Å². The lowest BCUT2D eigenvalue weighted by atomic mass is 10.3. The molecule has 2 aromatic rings. The van der Waals surface area contributed by atoms with Crippen molar-refractivity contribution in [3.63, 3.8) is 0 Å². The number of aromatic amines is 1. The first-order valence-corrected chi connectivity index (χ1v) is 7.26. The molecule has 2 aromatic heterocycles. The van der Waals surface area contributed by atoms with Crippen LogP contribution in [0.3, 0.4) is 0 Å². The van der Waals surface area contributed by atoms with Gasteiger partial charge in [-0.1, -0.05) is 11.6 Å². The molecular formula is C12H15ClN4O2S.